The lowest BCUT2D eigenvalue weighted by Gasteiger charge is -2.22. The molecule has 0 atom stereocenters. The smallest absolute Gasteiger partial charge is 0.0951 e. The molecule has 0 radical (unpaired) electrons. The Kier molecular flexibility index (Phi) is 4.08. The SMILES string of the molecule is Cc1ncn(CCCC(C)(C)C(N)=S)c1C. The maximum atomic E-state index is 5.70. The van der Waals surface area contributed by atoms with Gasteiger partial charge in [-0.15, -0.1) is 0 Å². The van der Waals surface area contributed by atoms with Crippen LogP contribution in [0.3, 0.4) is 0 Å². The number of nitrogens with zero attached hydrogens (tertiary/aromatic N) is 2. The number of thiocarbonyl (C=S) groups is 1. The Morgan fingerprint density at radius 2 is 2.12 bits per heavy atom. The predicted molar refractivity (Wildman–Crippen MR) is 71.5 cm³/mol. The number of imidazole rings is 1. The third kappa shape index (κ3) is 3.04. The second-order valence-electron chi connectivity index (χ2n) is 4.96. The molecule has 0 spiro atoms. The molecule has 1 aromatic heterocycles. The molecule has 3 nitrogen and oxygen atoms in total. The van der Waals surface area contributed by atoms with E-state index in [0.29, 0.717) is 4.99 Å². The average Bonchev–Trinajstić information content (AvgIpc) is 2.49. The van der Waals surface area contributed by atoms with Gasteiger partial charge in [0.2, 0.25) is 0 Å². The van der Waals surface area contributed by atoms with Gasteiger partial charge in [-0.25, -0.2) is 4.98 Å². The van der Waals surface area contributed by atoms with E-state index in [9.17, 15) is 0 Å². The highest BCUT2D eigenvalue weighted by Crippen LogP contribution is 2.23. The minimum atomic E-state index is -0.0428. The van der Waals surface area contributed by atoms with Crippen LogP contribution in [0, 0.1) is 19.3 Å². The number of hydrogen-bond acceptors (Lipinski definition) is 2. The molecule has 2 N–H and O–H groups in total. The first kappa shape index (κ1) is 13.2. The Morgan fingerprint density at radius 1 is 1.50 bits per heavy atom. The van der Waals surface area contributed by atoms with Crippen molar-refractivity contribution in [2.24, 2.45) is 11.1 Å². The Morgan fingerprint density at radius 3 is 2.56 bits per heavy atom. The molecular weight excluding hydrogens is 218 g/mol. The molecule has 0 bridgehead atoms. The van der Waals surface area contributed by atoms with Crippen LogP contribution in [0.25, 0.3) is 0 Å². The third-order valence-electron chi connectivity index (χ3n) is 3.21. The Labute approximate surface area is 103 Å². The van der Waals surface area contributed by atoms with Crippen molar-refractivity contribution in [2.45, 2.75) is 47.1 Å². The summed E-state index contributed by atoms with van der Waals surface area (Å²) in [6.07, 6.45) is 3.98. The fraction of sp³-hybridized carbons (Fsp3) is 0.667. The molecule has 0 fully saturated rings. The maximum Gasteiger partial charge on any atom is 0.0951 e. The Hall–Kier alpha value is -0.900. The number of aryl methyl sites for hydroxylation is 2. The van der Waals surface area contributed by atoms with Crippen LogP contribution in [-0.2, 0) is 6.54 Å². The highest BCUT2D eigenvalue weighted by atomic mass is 32.1. The molecule has 16 heavy (non-hydrogen) atoms. The largest absolute Gasteiger partial charge is 0.393 e. The van der Waals surface area contributed by atoms with E-state index in [0.717, 1.165) is 25.1 Å². The van der Waals surface area contributed by atoms with Gasteiger partial charge in [-0.2, -0.15) is 0 Å². The topological polar surface area (TPSA) is 43.8 Å². The molecule has 90 valence electrons. The van der Waals surface area contributed by atoms with E-state index in [2.05, 4.69) is 30.3 Å². The van der Waals surface area contributed by atoms with E-state index >= 15 is 0 Å². The molecule has 4 heteroatoms. The number of aromatic nitrogens is 2. The fourth-order valence-electron chi connectivity index (χ4n) is 1.58. The monoisotopic (exact) mass is 239 g/mol. The second-order valence-corrected chi connectivity index (χ2v) is 5.40. The molecule has 0 aliphatic carbocycles. The van der Waals surface area contributed by atoms with E-state index in [1.165, 1.54) is 5.69 Å². The van der Waals surface area contributed by atoms with Gasteiger partial charge in [0.05, 0.1) is 17.0 Å². The van der Waals surface area contributed by atoms with E-state index in [4.69, 9.17) is 18.0 Å². The van der Waals surface area contributed by atoms with Crippen molar-refractivity contribution in [1.82, 2.24) is 9.55 Å². The number of nitrogens with two attached hydrogens (primary N) is 1. The van der Waals surface area contributed by atoms with Gasteiger partial charge in [-0.1, -0.05) is 26.1 Å². The van der Waals surface area contributed by atoms with Crippen molar-refractivity contribution >= 4 is 17.2 Å². The molecule has 1 rings (SSSR count). The van der Waals surface area contributed by atoms with Crippen molar-refractivity contribution in [3.8, 4) is 0 Å². The van der Waals surface area contributed by atoms with Crippen LogP contribution in [0.5, 0.6) is 0 Å². The summed E-state index contributed by atoms with van der Waals surface area (Å²) in [7, 11) is 0. The van der Waals surface area contributed by atoms with E-state index < -0.39 is 0 Å². The van der Waals surface area contributed by atoms with Crippen LogP contribution in [0.4, 0.5) is 0 Å². The van der Waals surface area contributed by atoms with Gasteiger partial charge in [0.25, 0.3) is 0 Å². The molecule has 1 heterocycles. The van der Waals surface area contributed by atoms with Gasteiger partial charge in [0.1, 0.15) is 0 Å². The quantitative estimate of drug-likeness (QED) is 0.803. The summed E-state index contributed by atoms with van der Waals surface area (Å²) in [5, 5.41) is 0. The highest BCUT2D eigenvalue weighted by molar-refractivity contribution is 7.80. The number of hydrogen-bond donors (Lipinski definition) is 1. The molecule has 0 aromatic carbocycles. The molecule has 0 saturated heterocycles. The molecule has 1 aromatic rings. The lowest BCUT2D eigenvalue weighted by Crippen LogP contribution is -2.29. The zero-order chi connectivity index (χ0) is 12.3. The maximum absolute atomic E-state index is 5.70. The van der Waals surface area contributed by atoms with Crippen LogP contribution in [-0.4, -0.2) is 14.5 Å². The first-order chi connectivity index (χ1) is 7.34. The molecule has 0 aliphatic heterocycles. The normalized spacial score (nSPS) is 11.8. The van der Waals surface area contributed by atoms with Crippen molar-refractivity contribution in [3.05, 3.63) is 17.7 Å². The second kappa shape index (κ2) is 4.95. The molecule has 0 amide bonds. The standard InChI is InChI=1S/C12H21N3S/c1-9-10(2)15(8-14-9)7-5-6-12(3,4)11(13)16/h8H,5-7H2,1-4H3,(H2,13,16). The predicted octanol–water partition coefficient (Wildman–Crippen LogP) is 2.59. The summed E-state index contributed by atoms with van der Waals surface area (Å²) in [6.45, 7) is 9.31. The van der Waals surface area contributed by atoms with Crippen LogP contribution in [0.1, 0.15) is 38.1 Å². The summed E-state index contributed by atoms with van der Waals surface area (Å²) in [6, 6.07) is 0. The number of rotatable bonds is 5. The Balaban J connectivity index is 2.48. The summed E-state index contributed by atoms with van der Waals surface area (Å²) >= 11 is 5.05. The summed E-state index contributed by atoms with van der Waals surface area (Å²) in [5.74, 6) is 0. The fourth-order valence-corrected chi connectivity index (χ4v) is 1.69. The van der Waals surface area contributed by atoms with Crippen LogP contribution < -0.4 is 5.73 Å². The first-order valence-electron chi connectivity index (χ1n) is 5.63. The molecule has 0 unspecified atom stereocenters. The van der Waals surface area contributed by atoms with Crippen LogP contribution >= 0.6 is 12.2 Å². The third-order valence-corrected chi connectivity index (χ3v) is 3.77. The van der Waals surface area contributed by atoms with E-state index in [1.54, 1.807) is 0 Å². The van der Waals surface area contributed by atoms with Gasteiger partial charge < -0.3 is 10.3 Å². The van der Waals surface area contributed by atoms with Crippen molar-refractivity contribution in [2.75, 3.05) is 0 Å². The summed E-state index contributed by atoms with van der Waals surface area (Å²) in [5.41, 5.74) is 8.00. The zero-order valence-corrected chi connectivity index (χ0v) is 11.4. The average molecular weight is 239 g/mol. The van der Waals surface area contributed by atoms with Crippen molar-refractivity contribution in [1.29, 1.82) is 0 Å². The lowest BCUT2D eigenvalue weighted by atomic mass is 9.88. The molecular formula is C12H21N3S. The van der Waals surface area contributed by atoms with E-state index in [1.807, 2.05) is 13.3 Å². The zero-order valence-electron chi connectivity index (χ0n) is 10.6. The van der Waals surface area contributed by atoms with Crippen molar-refractivity contribution < 1.29 is 0 Å². The van der Waals surface area contributed by atoms with E-state index in [-0.39, 0.29) is 5.41 Å². The molecule has 0 saturated carbocycles. The van der Waals surface area contributed by atoms with Crippen LogP contribution in [0.2, 0.25) is 0 Å². The van der Waals surface area contributed by atoms with Crippen molar-refractivity contribution in [3.63, 3.8) is 0 Å². The summed E-state index contributed by atoms with van der Waals surface area (Å²) in [4.78, 5) is 4.88. The molecule has 0 aliphatic rings. The van der Waals surface area contributed by atoms with Gasteiger partial charge >= 0.3 is 0 Å². The van der Waals surface area contributed by atoms with Crippen LogP contribution in [0.15, 0.2) is 6.33 Å². The minimum absolute atomic E-state index is 0.0428. The first-order valence-corrected chi connectivity index (χ1v) is 6.03. The summed E-state index contributed by atoms with van der Waals surface area (Å²) < 4.78 is 2.19. The van der Waals surface area contributed by atoms with Gasteiger partial charge in [0.15, 0.2) is 0 Å². The Bertz CT molecular complexity index is 380. The lowest BCUT2D eigenvalue weighted by molar-refractivity contribution is 0.434. The minimum Gasteiger partial charge on any atom is -0.393 e. The van der Waals surface area contributed by atoms with Gasteiger partial charge in [-0.3, -0.25) is 0 Å². The van der Waals surface area contributed by atoms with Gasteiger partial charge in [-0.05, 0) is 26.7 Å². The van der Waals surface area contributed by atoms with Gasteiger partial charge in [0, 0.05) is 17.7 Å². The highest BCUT2D eigenvalue weighted by Gasteiger charge is 2.20.